The molecule has 1 atom stereocenters. The number of carbonyl (C=O) groups excluding carboxylic acids is 1. The van der Waals surface area contributed by atoms with Gasteiger partial charge < -0.3 is 9.26 Å². The topological polar surface area (TPSA) is 76.7 Å². The first-order chi connectivity index (χ1) is 9.00. The normalized spacial score (nSPS) is 22.0. The van der Waals surface area contributed by atoms with Crippen LogP contribution in [0.25, 0.3) is 0 Å². The van der Waals surface area contributed by atoms with Gasteiger partial charge in [-0.3, -0.25) is 15.0 Å². The van der Waals surface area contributed by atoms with Crippen molar-refractivity contribution < 1.29 is 18.6 Å². The number of amides is 1. The van der Waals surface area contributed by atoms with E-state index in [1.54, 1.807) is 31.2 Å². The maximum absolute atomic E-state index is 12.3. The molecule has 0 aromatic heterocycles. The number of carbonyl (C=O) groups is 1. The molecule has 0 unspecified atom stereocenters. The van der Waals surface area contributed by atoms with E-state index >= 15 is 0 Å². The summed E-state index contributed by atoms with van der Waals surface area (Å²) in [6.45, 7) is 4.10. The van der Waals surface area contributed by atoms with Crippen molar-refractivity contribution in [2.24, 2.45) is 0 Å². The van der Waals surface area contributed by atoms with Gasteiger partial charge >= 0.3 is 7.67 Å². The first-order valence-electron chi connectivity index (χ1n) is 5.82. The number of rotatable bonds is 4. The van der Waals surface area contributed by atoms with E-state index in [9.17, 15) is 9.36 Å². The molecule has 1 aromatic carbocycles. The molecular weight excluding hydrogens is 267 g/mol. The zero-order valence-electron chi connectivity index (χ0n) is 10.7. The van der Waals surface area contributed by atoms with Crippen molar-refractivity contribution in [1.29, 1.82) is 0 Å². The molecule has 2 N–H and O–H groups in total. The molecule has 0 aliphatic carbocycles. The summed E-state index contributed by atoms with van der Waals surface area (Å²) in [5.41, 5.74) is 0.498. The molecule has 0 saturated heterocycles. The van der Waals surface area contributed by atoms with E-state index < -0.39 is 13.6 Å². The van der Waals surface area contributed by atoms with E-state index in [1.165, 1.54) is 6.08 Å². The average Bonchev–Trinajstić information content (AvgIpc) is 2.29. The van der Waals surface area contributed by atoms with Gasteiger partial charge in [-0.15, -0.1) is 0 Å². The number of hydrogen-bond acceptors (Lipinski definition) is 4. The van der Waals surface area contributed by atoms with Crippen LogP contribution in [0.3, 0.4) is 0 Å². The second-order valence-corrected chi connectivity index (χ2v) is 5.70. The van der Waals surface area contributed by atoms with E-state index in [1.807, 2.05) is 6.92 Å². The standard InChI is InChI=1S/C12H15N2O4P/c1-3-17-10-4-6-11(7-5-10)18-19(16)13-9(2)8-12(15)14-19/h4-8H,3H2,1-2H3,(H2,13,14,15,16)/t19-/m1/s1. The fraction of sp³-hybridized carbons (Fsp3) is 0.250. The van der Waals surface area contributed by atoms with Gasteiger partial charge in [0.15, 0.2) is 0 Å². The summed E-state index contributed by atoms with van der Waals surface area (Å²) in [4.78, 5) is 11.3. The van der Waals surface area contributed by atoms with Crippen LogP contribution in [0.1, 0.15) is 13.8 Å². The van der Waals surface area contributed by atoms with Crippen LogP contribution in [0, 0.1) is 0 Å². The molecule has 0 spiro atoms. The molecule has 1 aromatic rings. The van der Waals surface area contributed by atoms with Gasteiger partial charge in [0.1, 0.15) is 11.5 Å². The van der Waals surface area contributed by atoms with Crippen LogP contribution in [-0.2, 0) is 9.36 Å². The zero-order valence-corrected chi connectivity index (χ0v) is 11.6. The van der Waals surface area contributed by atoms with Gasteiger partial charge in [-0.05, 0) is 38.1 Å². The Morgan fingerprint density at radius 1 is 1.16 bits per heavy atom. The smallest absolute Gasteiger partial charge is 0.446 e. The number of hydrogen-bond donors (Lipinski definition) is 2. The highest BCUT2D eigenvalue weighted by Crippen LogP contribution is 2.41. The molecule has 0 radical (unpaired) electrons. The molecule has 0 fully saturated rings. The van der Waals surface area contributed by atoms with E-state index in [0.29, 0.717) is 23.8 Å². The van der Waals surface area contributed by atoms with E-state index in [2.05, 4.69) is 10.2 Å². The number of allylic oxidation sites excluding steroid dienone is 1. The fourth-order valence-electron chi connectivity index (χ4n) is 1.62. The highest BCUT2D eigenvalue weighted by Gasteiger charge is 2.30. The lowest BCUT2D eigenvalue weighted by atomic mass is 10.3. The van der Waals surface area contributed by atoms with Crippen LogP contribution in [0.2, 0.25) is 0 Å². The molecular formula is C12H15N2O4P. The van der Waals surface area contributed by atoms with Gasteiger partial charge in [0, 0.05) is 11.8 Å². The minimum Gasteiger partial charge on any atom is -0.494 e. The van der Waals surface area contributed by atoms with Gasteiger partial charge in [0.2, 0.25) is 0 Å². The minimum atomic E-state index is -3.44. The Morgan fingerprint density at radius 3 is 2.37 bits per heavy atom. The molecule has 1 amide bonds. The third kappa shape index (κ3) is 3.51. The second kappa shape index (κ2) is 5.36. The van der Waals surface area contributed by atoms with Crippen LogP contribution >= 0.6 is 7.67 Å². The number of ether oxygens (including phenoxy) is 1. The van der Waals surface area contributed by atoms with Gasteiger partial charge in [0.05, 0.1) is 6.61 Å². The predicted octanol–water partition coefficient (Wildman–Crippen LogP) is 2.20. The lowest BCUT2D eigenvalue weighted by Gasteiger charge is -2.24. The Morgan fingerprint density at radius 2 is 1.79 bits per heavy atom. The lowest BCUT2D eigenvalue weighted by molar-refractivity contribution is -0.115. The lowest BCUT2D eigenvalue weighted by Crippen LogP contribution is -2.33. The summed E-state index contributed by atoms with van der Waals surface area (Å²) >= 11 is 0. The Kier molecular flexibility index (Phi) is 3.81. The Hall–Kier alpha value is -1.94. The molecule has 102 valence electrons. The van der Waals surface area contributed by atoms with Crippen LogP contribution in [0.5, 0.6) is 11.5 Å². The molecule has 1 aliphatic heterocycles. The first-order valence-corrected chi connectivity index (χ1v) is 7.44. The molecule has 7 heteroatoms. The Balaban J connectivity index is 2.10. The largest absolute Gasteiger partial charge is 0.494 e. The van der Waals surface area contributed by atoms with Crippen molar-refractivity contribution in [3.05, 3.63) is 36.0 Å². The van der Waals surface area contributed by atoms with Crippen molar-refractivity contribution in [3.8, 4) is 11.5 Å². The predicted molar refractivity (Wildman–Crippen MR) is 70.9 cm³/mol. The first kappa shape index (κ1) is 13.5. The number of benzene rings is 1. The molecule has 1 aliphatic rings. The van der Waals surface area contributed by atoms with Crippen molar-refractivity contribution >= 4 is 13.6 Å². The van der Waals surface area contributed by atoms with Gasteiger partial charge in [-0.1, -0.05) is 0 Å². The third-order valence-corrected chi connectivity index (χ3v) is 3.93. The van der Waals surface area contributed by atoms with Crippen LogP contribution in [0.15, 0.2) is 36.0 Å². The highest BCUT2D eigenvalue weighted by molar-refractivity contribution is 7.56. The van der Waals surface area contributed by atoms with Gasteiger partial charge in [-0.2, -0.15) is 0 Å². The highest BCUT2D eigenvalue weighted by atomic mass is 31.2. The maximum Gasteiger partial charge on any atom is 0.446 e. The summed E-state index contributed by atoms with van der Waals surface area (Å²) in [6.07, 6.45) is 1.32. The van der Waals surface area contributed by atoms with Crippen LogP contribution < -0.4 is 19.4 Å². The third-order valence-electron chi connectivity index (χ3n) is 2.30. The van der Waals surface area contributed by atoms with E-state index in [-0.39, 0.29) is 0 Å². The van der Waals surface area contributed by atoms with E-state index in [0.717, 1.165) is 0 Å². The van der Waals surface area contributed by atoms with E-state index in [4.69, 9.17) is 9.26 Å². The molecule has 6 nitrogen and oxygen atoms in total. The fourth-order valence-corrected chi connectivity index (χ4v) is 3.07. The summed E-state index contributed by atoms with van der Waals surface area (Å²) in [5, 5.41) is 4.93. The Labute approximate surface area is 111 Å². The number of nitrogens with one attached hydrogen (secondary N) is 2. The average molecular weight is 282 g/mol. The van der Waals surface area contributed by atoms with Crippen molar-refractivity contribution in [2.75, 3.05) is 6.61 Å². The molecule has 2 rings (SSSR count). The van der Waals surface area contributed by atoms with Crippen molar-refractivity contribution in [2.45, 2.75) is 13.8 Å². The monoisotopic (exact) mass is 282 g/mol. The SMILES string of the molecule is CCOc1ccc(O[P@@]2(=O)NC(=O)C=C(C)N2)cc1. The Bertz CT molecular complexity index is 553. The second-order valence-electron chi connectivity index (χ2n) is 3.96. The maximum atomic E-state index is 12.3. The molecule has 19 heavy (non-hydrogen) atoms. The minimum absolute atomic E-state index is 0.384. The van der Waals surface area contributed by atoms with Crippen LogP contribution in [-0.4, -0.2) is 12.5 Å². The molecule has 1 heterocycles. The van der Waals surface area contributed by atoms with Crippen LogP contribution in [0.4, 0.5) is 0 Å². The summed E-state index contributed by atoms with van der Waals surface area (Å²) in [6, 6.07) is 6.68. The van der Waals surface area contributed by atoms with Crippen molar-refractivity contribution in [3.63, 3.8) is 0 Å². The van der Waals surface area contributed by atoms with Gasteiger partial charge in [-0.25, -0.2) is 4.57 Å². The zero-order chi connectivity index (χ0) is 13.9. The summed E-state index contributed by atoms with van der Waals surface area (Å²) < 4.78 is 22.9. The molecule has 0 saturated carbocycles. The quantitative estimate of drug-likeness (QED) is 0.828. The summed E-state index contributed by atoms with van der Waals surface area (Å²) in [7, 11) is -3.44. The summed E-state index contributed by atoms with van der Waals surface area (Å²) in [5.74, 6) is 0.643. The van der Waals surface area contributed by atoms with Crippen molar-refractivity contribution in [1.82, 2.24) is 10.2 Å². The molecule has 0 bridgehead atoms. The van der Waals surface area contributed by atoms with Gasteiger partial charge in [0.25, 0.3) is 5.91 Å².